The Balaban J connectivity index is 3.03. The van der Waals surface area contributed by atoms with Gasteiger partial charge in [-0.15, -0.1) is 0 Å². The first-order valence-electron chi connectivity index (χ1n) is 6.73. The van der Waals surface area contributed by atoms with Crippen molar-refractivity contribution < 1.29 is 24.5 Å². The number of aromatic carboxylic acids is 1. The second-order valence-electron chi connectivity index (χ2n) is 4.83. The van der Waals surface area contributed by atoms with E-state index in [-0.39, 0.29) is 43.7 Å². The number of benzene rings is 1. The lowest BCUT2D eigenvalue weighted by Crippen LogP contribution is -2.16. The summed E-state index contributed by atoms with van der Waals surface area (Å²) in [5, 5.41) is 19.3. The molecule has 0 unspecified atom stereocenters. The molecule has 6 nitrogen and oxygen atoms in total. The minimum atomic E-state index is -1.36. The molecule has 0 radical (unpaired) electrons. The van der Waals surface area contributed by atoms with E-state index < -0.39 is 18.5 Å². The summed E-state index contributed by atoms with van der Waals surface area (Å²) in [5.74, 6) is -2.12. The molecule has 0 amide bonds. The molecule has 24 heavy (non-hydrogen) atoms. The highest BCUT2D eigenvalue weighted by atomic mass is 35.5. The number of esters is 1. The van der Waals surface area contributed by atoms with E-state index in [1.165, 1.54) is 26.2 Å². The Labute approximate surface area is 147 Å². The lowest BCUT2D eigenvalue weighted by molar-refractivity contribution is 0.0600. The fourth-order valence-electron chi connectivity index (χ4n) is 2.43. The van der Waals surface area contributed by atoms with Crippen molar-refractivity contribution in [3.05, 3.63) is 50.8 Å². The molecule has 126 valence electrons. The minimum Gasteiger partial charge on any atom is -0.478 e. The molecule has 0 bridgehead atoms. The van der Waals surface area contributed by atoms with E-state index in [4.69, 9.17) is 27.9 Å². The third-order valence-electron chi connectivity index (χ3n) is 3.43. The molecule has 0 aliphatic heterocycles. The number of hydrogen-bond acceptors (Lipinski definition) is 5. The topological polar surface area (TPSA) is 96.7 Å². The van der Waals surface area contributed by atoms with Crippen LogP contribution in [0, 0.1) is 6.92 Å². The van der Waals surface area contributed by atoms with E-state index in [9.17, 15) is 19.8 Å². The van der Waals surface area contributed by atoms with Gasteiger partial charge in [0, 0.05) is 11.1 Å². The Morgan fingerprint density at radius 2 is 1.92 bits per heavy atom. The van der Waals surface area contributed by atoms with Crippen LogP contribution in [-0.2, 0) is 11.3 Å². The predicted octanol–water partition coefficient (Wildman–Crippen LogP) is 3.34. The normalized spacial score (nSPS) is 10.5. The van der Waals surface area contributed by atoms with Crippen molar-refractivity contribution in [1.82, 2.24) is 4.98 Å². The molecular weight excluding hydrogens is 357 g/mol. The van der Waals surface area contributed by atoms with Crippen molar-refractivity contribution in [2.24, 2.45) is 0 Å². The molecule has 0 saturated carbocycles. The molecular formula is C16H13Cl2NO5. The Morgan fingerprint density at radius 1 is 1.25 bits per heavy atom. The Kier molecular flexibility index (Phi) is 5.43. The van der Waals surface area contributed by atoms with Gasteiger partial charge >= 0.3 is 11.9 Å². The van der Waals surface area contributed by atoms with Gasteiger partial charge in [-0.3, -0.25) is 4.98 Å². The lowest BCUT2D eigenvalue weighted by Gasteiger charge is -2.17. The van der Waals surface area contributed by atoms with E-state index in [0.717, 1.165) is 0 Å². The molecule has 8 heteroatoms. The van der Waals surface area contributed by atoms with Crippen molar-refractivity contribution in [1.29, 1.82) is 0 Å². The molecule has 0 spiro atoms. The molecule has 2 N–H and O–H groups in total. The lowest BCUT2D eigenvalue weighted by atomic mass is 9.92. The van der Waals surface area contributed by atoms with Crippen LogP contribution in [0.4, 0.5) is 0 Å². The SMILES string of the molecule is COC(=O)c1c(C)nc(CO)c(C(=O)O)c1-c1cccc(Cl)c1Cl. The Hall–Kier alpha value is -2.15. The molecule has 0 saturated heterocycles. The van der Waals surface area contributed by atoms with E-state index >= 15 is 0 Å². The zero-order chi connectivity index (χ0) is 18.0. The van der Waals surface area contributed by atoms with Crippen LogP contribution in [0.5, 0.6) is 0 Å². The first kappa shape index (κ1) is 18.2. The first-order valence-corrected chi connectivity index (χ1v) is 7.49. The number of carbonyl (C=O) groups is 2. The number of rotatable bonds is 4. The summed E-state index contributed by atoms with van der Waals surface area (Å²) in [5.41, 5.74) is 0.00476. The van der Waals surface area contributed by atoms with Gasteiger partial charge in [-0.25, -0.2) is 9.59 Å². The molecule has 2 rings (SSSR count). The number of carboxylic acids is 1. The van der Waals surface area contributed by atoms with Crippen LogP contribution < -0.4 is 0 Å². The maximum Gasteiger partial charge on any atom is 0.340 e. The second-order valence-corrected chi connectivity index (χ2v) is 5.61. The third-order valence-corrected chi connectivity index (χ3v) is 4.25. The summed E-state index contributed by atoms with van der Waals surface area (Å²) in [4.78, 5) is 28.0. The van der Waals surface area contributed by atoms with Gasteiger partial charge in [0.05, 0.1) is 46.3 Å². The smallest absolute Gasteiger partial charge is 0.340 e. The zero-order valence-corrected chi connectivity index (χ0v) is 14.3. The number of methoxy groups -OCH3 is 1. The summed E-state index contributed by atoms with van der Waals surface area (Å²) in [7, 11) is 1.17. The number of ether oxygens (including phenoxy) is 1. The second kappa shape index (κ2) is 7.17. The average Bonchev–Trinajstić information content (AvgIpc) is 2.55. The summed E-state index contributed by atoms with van der Waals surface area (Å²) >= 11 is 12.2. The van der Waals surface area contributed by atoms with Gasteiger partial charge in [-0.2, -0.15) is 0 Å². The molecule has 2 aromatic rings. The highest BCUT2D eigenvalue weighted by molar-refractivity contribution is 6.44. The van der Waals surface area contributed by atoms with Gasteiger partial charge < -0.3 is 14.9 Å². The molecule has 1 aromatic heterocycles. The van der Waals surface area contributed by atoms with Crippen LogP contribution in [0.25, 0.3) is 11.1 Å². The summed E-state index contributed by atoms with van der Waals surface area (Å²) in [6.45, 7) is 0.897. The zero-order valence-electron chi connectivity index (χ0n) is 12.8. The van der Waals surface area contributed by atoms with Gasteiger partial charge in [0.2, 0.25) is 0 Å². The van der Waals surface area contributed by atoms with Gasteiger partial charge in [-0.05, 0) is 13.0 Å². The van der Waals surface area contributed by atoms with Gasteiger partial charge in [0.1, 0.15) is 0 Å². The van der Waals surface area contributed by atoms with Crippen LogP contribution in [0.3, 0.4) is 0 Å². The standard InChI is InChI=1S/C16H13Cl2NO5/c1-7-11(16(23)24-2)12(8-4-3-5-9(17)14(8)18)13(15(21)22)10(6-20)19-7/h3-5,20H,6H2,1-2H3,(H,21,22). The number of aromatic nitrogens is 1. The van der Waals surface area contributed by atoms with Crippen LogP contribution in [0.2, 0.25) is 10.0 Å². The number of aryl methyl sites for hydroxylation is 1. The van der Waals surface area contributed by atoms with Crippen LogP contribution in [0.15, 0.2) is 18.2 Å². The minimum absolute atomic E-state index is 0.0124. The fraction of sp³-hybridized carbons (Fsp3) is 0.188. The maximum absolute atomic E-state index is 12.2. The molecule has 0 atom stereocenters. The maximum atomic E-state index is 12.2. The van der Waals surface area contributed by atoms with Crippen molar-refractivity contribution in [3.63, 3.8) is 0 Å². The average molecular weight is 370 g/mol. The molecule has 1 heterocycles. The quantitative estimate of drug-likeness (QED) is 0.802. The van der Waals surface area contributed by atoms with Crippen LogP contribution in [0.1, 0.15) is 32.1 Å². The van der Waals surface area contributed by atoms with Gasteiger partial charge in [0.15, 0.2) is 0 Å². The highest BCUT2D eigenvalue weighted by Crippen LogP contribution is 2.39. The van der Waals surface area contributed by atoms with Gasteiger partial charge in [0.25, 0.3) is 0 Å². The summed E-state index contributed by atoms with van der Waals surface area (Å²) in [6.07, 6.45) is 0. The van der Waals surface area contributed by atoms with E-state index in [0.29, 0.717) is 0 Å². The van der Waals surface area contributed by atoms with Crippen molar-refractivity contribution >= 4 is 35.1 Å². The molecule has 0 aliphatic rings. The Bertz CT molecular complexity index is 836. The number of nitrogens with zero attached hydrogens (tertiary/aromatic N) is 1. The monoisotopic (exact) mass is 369 g/mol. The van der Waals surface area contributed by atoms with Crippen molar-refractivity contribution in [2.75, 3.05) is 7.11 Å². The van der Waals surface area contributed by atoms with Crippen molar-refractivity contribution in [3.8, 4) is 11.1 Å². The van der Waals surface area contributed by atoms with Crippen molar-refractivity contribution in [2.45, 2.75) is 13.5 Å². The predicted molar refractivity (Wildman–Crippen MR) is 88.7 cm³/mol. The molecule has 0 aliphatic carbocycles. The van der Waals surface area contributed by atoms with E-state index in [2.05, 4.69) is 4.98 Å². The number of pyridine rings is 1. The molecule has 1 aromatic carbocycles. The highest BCUT2D eigenvalue weighted by Gasteiger charge is 2.29. The van der Waals surface area contributed by atoms with E-state index in [1.807, 2.05) is 0 Å². The Morgan fingerprint density at radius 3 is 2.46 bits per heavy atom. The summed E-state index contributed by atoms with van der Waals surface area (Å²) < 4.78 is 4.75. The summed E-state index contributed by atoms with van der Waals surface area (Å²) in [6, 6.07) is 4.64. The number of aliphatic hydroxyl groups excluding tert-OH is 1. The van der Waals surface area contributed by atoms with Gasteiger partial charge in [-0.1, -0.05) is 35.3 Å². The first-order chi connectivity index (χ1) is 11.3. The number of carbonyl (C=O) groups excluding carboxylic acids is 1. The number of hydrogen-bond donors (Lipinski definition) is 2. The number of carboxylic acid groups (broad SMARTS) is 1. The third kappa shape index (κ3) is 3.08. The fourth-order valence-corrected chi connectivity index (χ4v) is 2.82. The molecule has 0 fully saturated rings. The van der Waals surface area contributed by atoms with Crippen LogP contribution >= 0.6 is 23.2 Å². The van der Waals surface area contributed by atoms with E-state index in [1.54, 1.807) is 6.07 Å². The largest absolute Gasteiger partial charge is 0.478 e. The number of aliphatic hydroxyl groups is 1. The number of halogens is 2. The van der Waals surface area contributed by atoms with Crippen LogP contribution in [-0.4, -0.2) is 34.2 Å².